The van der Waals surface area contributed by atoms with Crippen LogP contribution in [0.3, 0.4) is 0 Å². The van der Waals surface area contributed by atoms with Gasteiger partial charge in [-0.2, -0.15) is 0 Å². The van der Waals surface area contributed by atoms with E-state index < -0.39 is 17.0 Å². The van der Waals surface area contributed by atoms with Crippen molar-refractivity contribution in [2.45, 2.75) is 6.42 Å². The predicted molar refractivity (Wildman–Crippen MR) is 106 cm³/mol. The molecule has 0 radical (unpaired) electrons. The van der Waals surface area contributed by atoms with Crippen molar-refractivity contribution in [3.63, 3.8) is 0 Å². The van der Waals surface area contributed by atoms with E-state index in [1.807, 2.05) is 0 Å². The summed E-state index contributed by atoms with van der Waals surface area (Å²) >= 11 is 0.825. The molecule has 0 aliphatic carbocycles. The number of hydrogen-bond donors (Lipinski definition) is 2. The number of rotatable bonds is 3. The topological polar surface area (TPSA) is 87.2 Å². The lowest BCUT2D eigenvalue weighted by molar-refractivity contribution is -0.115. The van der Waals surface area contributed by atoms with E-state index in [1.165, 1.54) is 12.3 Å². The first kappa shape index (κ1) is 18.6. The Hall–Kier alpha value is -2.78. The highest BCUT2D eigenvalue weighted by Gasteiger charge is 2.25. The SMILES string of the molecule is O=C1NC(=O)/C(=C\c2ccc(F)c(-c3cncc(N4CCCNCC4)n3)c2)S1. The number of thioether (sulfide) groups is 1. The molecule has 0 atom stereocenters. The molecule has 2 aromatic rings. The molecule has 2 amide bonds. The Labute approximate surface area is 165 Å². The molecule has 0 saturated carbocycles. The largest absolute Gasteiger partial charge is 0.354 e. The van der Waals surface area contributed by atoms with Crippen LogP contribution in [0.5, 0.6) is 0 Å². The fourth-order valence-corrected chi connectivity index (χ4v) is 3.80. The van der Waals surface area contributed by atoms with Crippen LogP contribution < -0.4 is 15.5 Å². The molecule has 2 aliphatic heterocycles. The number of nitrogens with zero attached hydrogens (tertiary/aromatic N) is 3. The van der Waals surface area contributed by atoms with Crippen LogP contribution in [-0.2, 0) is 4.79 Å². The summed E-state index contributed by atoms with van der Waals surface area (Å²) in [5.41, 5.74) is 1.33. The molecule has 28 heavy (non-hydrogen) atoms. The zero-order valence-corrected chi connectivity index (χ0v) is 15.8. The molecule has 7 nitrogen and oxygen atoms in total. The molecular weight excluding hydrogens is 381 g/mol. The predicted octanol–water partition coefficient (Wildman–Crippen LogP) is 2.41. The first-order valence-electron chi connectivity index (χ1n) is 8.92. The second-order valence-electron chi connectivity index (χ2n) is 6.44. The maximum absolute atomic E-state index is 14.5. The van der Waals surface area contributed by atoms with Gasteiger partial charge in [0.05, 0.1) is 23.0 Å². The fourth-order valence-electron chi connectivity index (χ4n) is 3.11. The number of benzene rings is 1. The molecular formula is C19H18FN5O2S. The monoisotopic (exact) mass is 399 g/mol. The van der Waals surface area contributed by atoms with Gasteiger partial charge in [0.15, 0.2) is 0 Å². The normalized spacial score (nSPS) is 19.0. The molecule has 3 heterocycles. The summed E-state index contributed by atoms with van der Waals surface area (Å²) in [5, 5.41) is 5.13. The Morgan fingerprint density at radius 2 is 2.07 bits per heavy atom. The summed E-state index contributed by atoms with van der Waals surface area (Å²) < 4.78 is 14.5. The van der Waals surface area contributed by atoms with Gasteiger partial charge in [-0.15, -0.1) is 0 Å². The minimum absolute atomic E-state index is 0.277. The molecule has 2 aliphatic rings. The van der Waals surface area contributed by atoms with Crippen molar-refractivity contribution in [1.82, 2.24) is 20.6 Å². The van der Waals surface area contributed by atoms with Gasteiger partial charge in [0.2, 0.25) is 0 Å². The van der Waals surface area contributed by atoms with Gasteiger partial charge in [-0.25, -0.2) is 9.37 Å². The lowest BCUT2D eigenvalue weighted by atomic mass is 10.1. The van der Waals surface area contributed by atoms with E-state index in [4.69, 9.17) is 0 Å². The number of anilines is 1. The van der Waals surface area contributed by atoms with E-state index in [0.29, 0.717) is 22.6 Å². The van der Waals surface area contributed by atoms with Crippen molar-refractivity contribution in [2.24, 2.45) is 0 Å². The standard InChI is InChI=1S/C19H18FN5O2S/c20-14-3-2-12(9-16-18(26)24-19(27)28-16)8-13(14)15-10-22-11-17(23-15)25-6-1-4-21-5-7-25/h2-3,8-11,21H,1,4-7H2,(H,24,26,27)/b16-9+. The summed E-state index contributed by atoms with van der Waals surface area (Å²) in [4.78, 5) is 34.3. The Morgan fingerprint density at radius 1 is 1.18 bits per heavy atom. The maximum atomic E-state index is 14.5. The minimum Gasteiger partial charge on any atom is -0.354 e. The van der Waals surface area contributed by atoms with Crippen LogP contribution in [-0.4, -0.2) is 47.3 Å². The second kappa shape index (κ2) is 8.07. The summed E-state index contributed by atoms with van der Waals surface area (Å²) in [7, 11) is 0. The van der Waals surface area contributed by atoms with Crippen LogP contribution in [0.25, 0.3) is 17.3 Å². The molecule has 0 unspecified atom stereocenters. The van der Waals surface area contributed by atoms with Crippen LogP contribution in [0.4, 0.5) is 15.0 Å². The van der Waals surface area contributed by atoms with E-state index in [2.05, 4.69) is 25.5 Å². The van der Waals surface area contributed by atoms with Gasteiger partial charge >= 0.3 is 0 Å². The summed E-state index contributed by atoms with van der Waals surface area (Å²) in [5.74, 6) is -0.163. The maximum Gasteiger partial charge on any atom is 0.290 e. The van der Waals surface area contributed by atoms with Crippen molar-refractivity contribution < 1.29 is 14.0 Å². The number of carbonyl (C=O) groups excluding carboxylic acids is 2. The van der Waals surface area contributed by atoms with Gasteiger partial charge in [0.1, 0.15) is 11.6 Å². The summed E-state index contributed by atoms with van der Waals surface area (Å²) in [6.45, 7) is 3.50. The summed E-state index contributed by atoms with van der Waals surface area (Å²) in [6, 6.07) is 4.49. The molecule has 1 aromatic heterocycles. The molecule has 2 fully saturated rings. The van der Waals surface area contributed by atoms with Crippen molar-refractivity contribution in [1.29, 1.82) is 0 Å². The molecule has 9 heteroatoms. The third-order valence-corrected chi connectivity index (χ3v) is 5.30. The molecule has 4 rings (SSSR count). The van der Waals surface area contributed by atoms with E-state index in [-0.39, 0.29) is 4.91 Å². The number of nitrogens with one attached hydrogen (secondary N) is 2. The summed E-state index contributed by atoms with van der Waals surface area (Å²) in [6.07, 6.45) is 5.77. The quantitative estimate of drug-likeness (QED) is 0.767. The van der Waals surface area contributed by atoms with E-state index in [9.17, 15) is 14.0 Å². The number of hydrogen-bond acceptors (Lipinski definition) is 7. The minimum atomic E-state index is -0.447. The van der Waals surface area contributed by atoms with Crippen LogP contribution in [0.15, 0.2) is 35.5 Å². The van der Waals surface area contributed by atoms with Gasteiger partial charge in [-0.05, 0) is 48.5 Å². The smallest absolute Gasteiger partial charge is 0.290 e. The van der Waals surface area contributed by atoms with E-state index in [0.717, 1.165) is 44.4 Å². The van der Waals surface area contributed by atoms with Gasteiger partial charge in [-0.1, -0.05) is 6.07 Å². The lowest BCUT2D eigenvalue weighted by Gasteiger charge is -2.21. The van der Waals surface area contributed by atoms with Crippen LogP contribution in [0, 0.1) is 5.82 Å². The van der Waals surface area contributed by atoms with Crippen LogP contribution >= 0.6 is 11.8 Å². The fraction of sp³-hybridized carbons (Fsp3) is 0.263. The second-order valence-corrected chi connectivity index (χ2v) is 7.46. The average molecular weight is 399 g/mol. The highest BCUT2D eigenvalue weighted by atomic mass is 32.2. The van der Waals surface area contributed by atoms with Gasteiger partial charge in [0.25, 0.3) is 11.1 Å². The van der Waals surface area contributed by atoms with Crippen molar-refractivity contribution in [3.05, 3.63) is 46.9 Å². The number of aromatic nitrogens is 2. The first-order chi connectivity index (χ1) is 13.6. The van der Waals surface area contributed by atoms with Crippen LogP contribution in [0.2, 0.25) is 0 Å². The molecule has 144 valence electrons. The zero-order chi connectivity index (χ0) is 19.5. The van der Waals surface area contributed by atoms with Gasteiger partial charge < -0.3 is 10.2 Å². The van der Waals surface area contributed by atoms with E-state index in [1.54, 1.807) is 24.4 Å². The highest BCUT2D eigenvalue weighted by Crippen LogP contribution is 2.28. The number of imide groups is 1. The lowest BCUT2D eigenvalue weighted by Crippen LogP contribution is -2.28. The number of amides is 2. The van der Waals surface area contributed by atoms with Crippen molar-refractivity contribution >= 4 is 34.8 Å². The third-order valence-electron chi connectivity index (χ3n) is 4.49. The average Bonchev–Trinajstić information content (AvgIpc) is 2.89. The van der Waals surface area contributed by atoms with Crippen molar-refractivity contribution in [2.75, 3.05) is 31.1 Å². The molecule has 2 N–H and O–H groups in total. The molecule has 0 bridgehead atoms. The Balaban J connectivity index is 1.65. The number of carbonyl (C=O) groups is 2. The Kier molecular flexibility index (Phi) is 5.36. The Morgan fingerprint density at radius 3 is 2.89 bits per heavy atom. The van der Waals surface area contributed by atoms with Gasteiger partial charge in [-0.3, -0.25) is 19.9 Å². The first-order valence-corrected chi connectivity index (χ1v) is 9.74. The molecule has 0 spiro atoms. The third kappa shape index (κ3) is 4.05. The Bertz CT molecular complexity index is 957. The van der Waals surface area contributed by atoms with Crippen molar-refractivity contribution in [3.8, 4) is 11.3 Å². The highest BCUT2D eigenvalue weighted by molar-refractivity contribution is 8.18. The number of halogens is 1. The zero-order valence-electron chi connectivity index (χ0n) is 14.9. The van der Waals surface area contributed by atoms with Crippen LogP contribution in [0.1, 0.15) is 12.0 Å². The van der Waals surface area contributed by atoms with Gasteiger partial charge in [0, 0.05) is 25.2 Å². The molecule has 2 saturated heterocycles. The van der Waals surface area contributed by atoms with E-state index >= 15 is 0 Å². The molecule has 1 aromatic carbocycles.